The van der Waals surface area contributed by atoms with Crippen molar-refractivity contribution in [2.24, 2.45) is 0 Å². The molecule has 0 bridgehead atoms. The van der Waals surface area contributed by atoms with Crippen molar-refractivity contribution in [3.63, 3.8) is 0 Å². The number of halogens is 1. The maximum absolute atomic E-state index is 5.77. The van der Waals surface area contributed by atoms with Gasteiger partial charge in [0.25, 0.3) is 0 Å². The SMILES string of the molecule is CN(c1ncc(Br)cn1)C1CCN(Cc2nnc(C3CC3)o2)CC1. The van der Waals surface area contributed by atoms with Crippen LogP contribution in [0.4, 0.5) is 5.95 Å². The van der Waals surface area contributed by atoms with Crippen LogP contribution in [0.25, 0.3) is 0 Å². The smallest absolute Gasteiger partial charge is 0.230 e. The minimum atomic E-state index is 0.465. The molecule has 1 aliphatic heterocycles. The lowest BCUT2D eigenvalue weighted by atomic mass is 10.0. The average molecular weight is 393 g/mol. The first kappa shape index (κ1) is 16.0. The van der Waals surface area contributed by atoms with Gasteiger partial charge >= 0.3 is 0 Å². The van der Waals surface area contributed by atoms with E-state index in [-0.39, 0.29) is 0 Å². The molecule has 8 heteroatoms. The molecular formula is C16H21BrN6O. The third kappa shape index (κ3) is 3.59. The number of piperidine rings is 1. The van der Waals surface area contributed by atoms with Crippen LogP contribution in [0.2, 0.25) is 0 Å². The van der Waals surface area contributed by atoms with E-state index in [4.69, 9.17) is 4.42 Å². The Morgan fingerprint density at radius 2 is 1.88 bits per heavy atom. The number of aromatic nitrogens is 4. The molecule has 2 aliphatic rings. The van der Waals surface area contributed by atoms with E-state index in [1.165, 1.54) is 12.8 Å². The summed E-state index contributed by atoms with van der Waals surface area (Å²) in [5, 5.41) is 8.35. The van der Waals surface area contributed by atoms with E-state index in [0.717, 1.165) is 54.7 Å². The molecule has 0 spiro atoms. The van der Waals surface area contributed by atoms with Gasteiger partial charge in [0.2, 0.25) is 17.7 Å². The van der Waals surface area contributed by atoms with E-state index in [9.17, 15) is 0 Å². The first-order valence-corrected chi connectivity index (χ1v) is 9.23. The van der Waals surface area contributed by atoms with Gasteiger partial charge in [-0.15, -0.1) is 10.2 Å². The predicted octanol–water partition coefficient (Wildman–Crippen LogP) is 2.60. The molecule has 2 fully saturated rings. The topological polar surface area (TPSA) is 71.2 Å². The van der Waals surface area contributed by atoms with Gasteiger partial charge < -0.3 is 9.32 Å². The summed E-state index contributed by atoms with van der Waals surface area (Å²) in [6, 6.07) is 0.465. The van der Waals surface area contributed by atoms with Crippen LogP contribution in [0.3, 0.4) is 0 Å². The second-order valence-electron chi connectivity index (χ2n) is 6.63. The summed E-state index contributed by atoms with van der Waals surface area (Å²) in [6.07, 6.45) is 8.13. The summed E-state index contributed by atoms with van der Waals surface area (Å²) in [7, 11) is 2.07. The number of likely N-dealkylation sites (tertiary alicyclic amines) is 1. The Balaban J connectivity index is 1.30. The number of hydrogen-bond acceptors (Lipinski definition) is 7. The molecule has 0 aromatic carbocycles. The lowest BCUT2D eigenvalue weighted by Crippen LogP contribution is -2.43. The second-order valence-corrected chi connectivity index (χ2v) is 7.54. The van der Waals surface area contributed by atoms with Gasteiger partial charge in [-0.25, -0.2) is 9.97 Å². The monoisotopic (exact) mass is 392 g/mol. The molecule has 1 aliphatic carbocycles. The minimum absolute atomic E-state index is 0.465. The molecule has 4 rings (SSSR count). The highest BCUT2D eigenvalue weighted by Gasteiger charge is 2.30. The van der Waals surface area contributed by atoms with Crippen molar-refractivity contribution in [1.82, 2.24) is 25.1 Å². The van der Waals surface area contributed by atoms with Crippen molar-refractivity contribution >= 4 is 21.9 Å². The van der Waals surface area contributed by atoms with Crippen LogP contribution < -0.4 is 4.90 Å². The number of hydrogen-bond donors (Lipinski definition) is 0. The van der Waals surface area contributed by atoms with Crippen molar-refractivity contribution in [1.29, 1.82) is 0 Å². The van der Waals surface area contributed by atoms with Crippen LogP contribution in [0.1, 0.15) is 43.4 Å². The van der Waals surface area contributed by atoms with Crippen molar-refractivity contribution in [2.75, 3.05) is 25.0 Å². The first-order chi connectivity index (χ1) is 11.7. The Morgan fingerprint density at radius 3 is 2.54 bits per heavy atom. The molecule has 0 atom stereocenters. The van der Waals surface area contributed by atoms with Crippen LogP contribution in [-0.4, -0.2) is 51.2 Å². The highest BCUT2D eigenvalue weighted by atomic mass is 79.9. The summed E-state index contributed by atoms with van der Waals surface area (Å²) in [4.78, 5) is 13.3. The second kappa shape index (κ2) is 6.76. The summed E-state index contributed by atoms with van der Waals surface area (Å²) in [5.74, 6) is 2.88. The molecule has 3 heterocycles. The average Bonchev–Trinajstić information content (AvgIpc) is 3.36. The molecule has 7 nitrogen and oxygen atoms in total. The van der Waals surface area contributed by atoms with E-state index >= 15 is 0 Å². The first-order valence-electron chi connectivity index (χ1n) is 8.44. The zero-order chi connectivity index (χ0) is 16.5. The molecule has 1 saturated heterocycles. The largest absolute Gasteiger partial charge is 0.424 e. The third-order valence-electron chi connectivity index (χ3n) is 4.79. The van der Waals surface area contributed by atoms with Gasteiger partial charge in [-0.3, -0.25) is 4.90 Å². The molecule has 0 radical (unpaired) electrons. The number of nitrogens with zero attached hydrogens (tertiary/aromatic N) is 6. The van der Waals surface area contributed by atoms with Gasteiger partial charge in [0, 0.05) is 44.5 Å². The van der Waals surface area contributed by atoms with Crippen molar-refractivity contribution in [3.05, 3.63) is 28.6 Å². The quantitative estimate of drug-likeness (QED) is 0.773. The maximum Gasteiger partial charge on any atom is 0.230 e. The summed E-state index contributed by atoms with van der Waals surface area (Å²) >= 11 is 3.37. The normalized spacial score (nSPS) is 19.6. The van der Waals surface area contributed by atoms with E-state index in [0.29, 0.717) is 12.0 Å². The maximum atomic E-state index is 5.77. The fourth-order valence-electron chi connectivity index (χ4n) is 3.13. The lowest BCUT2D eigenvalue weighted by Gasteiger charge is -2.36. The van der Waals surface area contributed by atoms with Crippen LogP contribution in [-0.2, 0) is 6.54 Å². The molecular weight excluding hydrogens is 372 g/mol. The number of anilines is 1. The fraction of sp³-hybridized carbons (Fsp3) is 0.625. The van der Waals surface area contributed by atoms with E-state index < -0.39 is 0 Å². The van der Waals surface area contributed by atoms with Crippen molar-refractivity contribution in [3.8, 4) is 0 Å². The highest BCUT2D eigenvalue weighted by Crippen LogP contribution is 2.39. The molecule has 0 amide bonds. The molecule has 128 valence electrons. The van der Waals surface area contributed by atoms with E-state index in [2.05, 4.69) is 52.9 Å². The predicted molar refractivity (Wildman–Crippen MR) is 92.7 cm³/mol. The van der Waals surface area contributed by atoms with Gasteiger partial charge in [-0.05, 0) is 41.6 Å². The van der Waals surface area contributed by atoms with Crippen LogP contribution in [0.15, 0.2) is 21.3 Å². The zero-order valence-corrected chi connectivity index (χ0v) is 15.3. The highest BCUT2D eigenvalue weighted by molar-refractivity contribution is 9.10. The Kier molecular flexibility index (Phi) is 4.49. The summed E-state index contributed by atoms with van der Waals surface area (Å²) in [5.41, 5.74) is 0. The Labute approximate surface area is 149 Å². The van der Waals surface area contributed by atoms with Gasteiger partial charge in [-0.1, -0.05) is 0 Å². The lowest BCUT2D eigenvalue weighted by molar-refractivity contribution is 0.185. The Hall–Kier alpha value is -1.54. The molecule has 0 unspecified atom stereocenters. The fourth-order valence-corrected chi connectivity index (χ4v) is 3.34. The van der Waals surface area contributed by atoms with Crippen LogP contribution in [0, 0.1) is 0 Å². The summed E-state index contributed by atoms with van der Waals surface area (Å²) < 4.78 is 6.67. The zero-order valence-electron chi connectivity index (χ0n) is 13.7. The van der Waals surface area contributed by atoms with Gasteiger partial charge in [0.15, 0.2) is 0 Å². The Bertz CT molecular complexity index is 678. The molecule has 2 aromatic rings. The van der Waals surface area contributed by atoms with Gasteiger partial charge in [-0.2, -0.15) is 0 Å². The van der Waals surface area contributed by atoms with Gasteiger partial charge in [0.05, 0.1) is 11.0 Å². The minimum Gasteiger partial charge on any atom is -0.424 e. The Morgan fingerprint density at radius 1 is 1.17 bits per heavy atom. The van der Waals surface area contributed by atoms with Crippen LogP contribution >= 0.6 is 15.9 Å². The van der Waals surface area contributed by atoms with E-state index in [1.807, 2.05) is 0 Å². The third-order valence-corrected chi connectivity index (χ3v) is 5.20. The summed E-state index contributed by atoms with van der Waals surface area (Å²) in [6.45, 7) is 2.80. The number of rotatable bonds is 5. The molecule has 24 heavy (non-hydrogen) atoms. The standard InChI is InChI=1S/C16H21BrN6O/c1-22(16-18-8-12(17)9-19-16)13-4-6-23(7-5-13)10-14-20-21-15(24-14)11-2-3-11/h8-9,11,13H,2-7,10H2,1H3. The molecule has 2 aromatic heterocycles. The van der Waals surface area contributed by atoms with E-state index in [1.54, 1.807) is 12.4 Å². The molecule has 0 N–H and O–H groups in total. The molecule has 1 saturated carbocycles. The van der Waals surface area contributed by atoms with Gasteiger partial charge in [0.1, 0.15) is 0 Å². The van der Waals surface area contributed by atoms with Crippen molar-refractivity contribution in [2.45, 2.75) is 44.2 Å². The van der Waals surface area contributed by atoms with Crippen molar-refractivity contribution < 1.29 is 4.42 Å². The van der Waals surface area contributed by atoms with Crippen LogP contribution in [0.5, 0.6) is 0 Å².